The molecule has 3 heterocycles. The molecule has 3 aromatic rings. The normalized spacial score (nSPS) is 17.0. The van der Waals surface area contributed by atoms with E-state index in [4.69, 9.17) is 0 Å². The lowest BCUT2D eigenvalue weighted by molar-refractivity contribution is 0.689. The van der Waals surface area contributed by atoms with E-state index < -0.39 is 0 Å². The third kappa shape index (κ3) is 3.20. The van der Waals surface area contributed by atoms with Crippen LogP contribution in [0.3, 0.4) is 0 Å². The summed E-state index contributed by atoms with van der Waals surface area (Å²) >= 11 is 0. The highest BCUT2D eigenvalue weighted by atomic mass is 15.3. The van der Waals surface area contributed by atoms with Gasteiger partial charge < -0.3 is 15.5 Å². The fourth-order valence-electron chi connectivity index (χ4n) is 3.47. The van der Waals surface area contributed by atoms with Gasteiger partial charge in [-0.05, 0) is 24.3 Å². The molecule has 1 aromatic carbocycles. The highest BCUT2D eigenvalue weighted by Gasteiger charge is 2.26. The van der Waals surface area contributed by atoms with E-state index in [2.05, 4.69) is 54.8 Å². The lowest BCUT2D eigenvalue weighted by atomic mass is 10.1. The van der Waals surface area contributed by atoms with Gasteiger partial charge in [0, 0.05) is 43.8 Å². The molecule has 0 bridgehead atoms. The molecule has 2 N–H and O–H groups in total. The topological polar surface area (TPSA) is 66.0 Å². The standard InChI is InChI=1S/C19H22N6/c1-20-17-11-18(24-13-23-17)25-10-4-6-15(25)12-22-19-16-7-3-2-5-14(16)8-9-21-19/h2-3,5,7-9,11,13,15H,4,6,10,12H2,1H3,(H,21,22)(H,20,23,24). The molecule has 1 aliphatic heterocycles. The van der Waals surface area contributed by atoms with Crippen molar-refractivity contribution in [3.8, 4) is 0 Å². The second-order valence-corrected chi connectivity index (χ2v) is 6.26. The summed E-state index contributed by atoms with van der Waals surface area (Å²) in [4.78, 5) is 15.6. The van der Waals surface area contributed by atoms with E-state index in [1.807, 2.05) is 25.4 Å². The first kappa shape index (κ1) is 15.6. The third-order valence-electron chi connectivity index (χ3n) is 4.76. The first-order valence-corrected chi connectivity index (χ1v) is 8.69. The number of pyridine rings is 1. The monoisotopic (exact) mass is 334 g/mol. The zero-order chi connectivity index (χ0) is 17.1. The minimum atomic E-state index is 0.403. The van der Waals surface area contributed by atoms with Gasteiger partial charge in [-0.15, -0.1) is 0 Å². The van der Waals surface area contributed by atoms with Crippen molar-refractivity contribution < 1.29 is 0 Å². The zero-order valence-corrected chi connectivity index (χ0v) is 14.3. The molecule has 6 nitrogen and oxygen atoms in total. The van der Waals surface area contributed by atoms with E-state index in [1.165, 1.54) is 11.8 Å². The number of hydrogen-bond donors (Lipinski definition) is 2. The Hall–Kier alpha value is -2.89. The van der Waals surface area contributed by atoms with Crippen LogP contribution in [0.25, 0.3) is 10.8 Å². The lowest BCUT2D eigenvalue weighted by Gasteiger charge is -2.26. The van der Waals surface area contributed by atoms with Crippen LogP contribution in [0.2, 0.25) is 0 Å². The highest BCUT2D eigenvalue weighted by molar-refractivity contribution is 5.91. The SMILES string of the molecule is CNc1cc(N2CCCC2CNc2nccc3ccccc23)ncn1. The van der Waals surface area contributed by atoms with Crippen LogP contribution in [0.15, 0.2) is 48.9 Å². The summed E-state index contributed by atoms with van der Waals surface area (Å²) in [5.74, 6) is 2.78. The Morgan fingerprint density at radius 1 is 1.16 bits per heavy atom. The number of aromatic nitrogens is 3. The molecule has 0 amide bonds. The first-order valence-electron chi connectivity index (χ1n) is 8.69. The predicted molar refractivity (Wildman–Crippen MR) is 102 cm³/mol. The van der Waals surface area contributed by atoms with Gasteiger partial charge in [0.05, 0.1) is 0 Å². The highest BCUT2D eigenvalue weighted by Crippen LogP contribution is 2.26. The van der Waals surface area contributed by atoms with E-state index >= 15 is 0 Å². The number of benzene rings is 1. The van der Waals surface area contributed by atoms with Crippen LogP contribution in [0.5, 0.6) is 0 Å². The minimum Gasteiger partial charge on any atom is -0.373 e. The van der Waals surface area contributed by atoms with Crippen LogP contribution < -0.4 is 15.5 Å². The third-order valence-corrected chi connectivity index (χ3v) is 4.76. The second-order valence-electron chi connectivity index (χ2n) is 6.26. The molecule has 0 radical (unpaired) electrons. The molecule has 1 atom stereocenters. The van der Waals surface area contributed by atoms with E-state index in [-0.39, 0.29) is 0 Å². The van der Waals surface area contributed by atoms with Crippen molar-refractivity contribution in [1.82, 2.24) is 15.0 Å². The molecule has 6 heteroatoms. The number of nitrogens with zero attached hydrogens (tertiary/aromatic N) is 4. The van der Waals surface area contributed by atoms with Crippen molar-refractivity contribution in [2.75, 3.05) is 35.7 Å². The molecule has 128 valence electrons. The maximum Gasteiger partial charge on any atom is 0.134 e. The maximum absolute atomic E-state index is 4.53. The number of hydrogen-bond acceptors (Lipinski definition) is 6. The van der Waals surface area contributed by atoms with E-state index in [0.717, 1.165) is 42.4 Å². The Morgan fingerprint density at radius 2 is 2.08 bits per heavy atom. The van der Waals surface area contributed by atoms with Crippen molar-refractivity contribution in [3.63, 3.8) is 0 Å². The minimum absolute atomic E-state index is 0.403. The predicted octanol–water partition coefficient (Wildman–Crippen LogP) is 3.15. The Morgan fingerprint density at radius 3 is 3.00 bits per heavy atom. The fraction of sp³-hybridized carbons (Fsp3) is 0.316. The lowest BCUT2D eigenvalue weighted by Crippen LogP contribution is -2.35. The van der Waals surface area contributed by atoms with E-state index in [9.17, 15) is 0 Å². The van der Waals surface area contributed by atoms with Gasteiger partial charge in [0.15, 0.2) is 0 Å². The number of nitrogens with one attached hydrogen (secondary N) is 2. The smallest absolute Gasteiger partial charge is 0.134 e. The molecule has 25 heavy (non-hydrogen) atoms. The summed E-state index contributed by atoms with van der Waals surface area (Å²) in [6, 6.07) is 12.8. The van der Waals surface area contributed by atoms with E-state index in [0.29, 0.717) is 6.04 Å². The summed E-state index contributed by atoms with van der Waals surface area (Å²) in [5, 5.41) is 8.99. The van der Waals surface area contributed by atoms with Crippen molar-refractivity contribution in [3.05, 3.63) is 48.9 Å². The summed E-state index contributed by atoms with van der Waals surface area (Å²) in [6.07, 6.45) is 5.81. The van der Waals surface area contributed by atoms with E-state index in [1.54, 1.807) is 6.33 Å². The molecule has 2 aromatic heterocycles. The van der Waals surface area contributed by atoms with Crippen LogP contribution >= 0.6 is 0 Å². The second kappa shape index (κ2) is 6.93. The number of anilines is 3. The maximum atomic E-state index is 4.53. The summed E-state index contributed by atoms with van der Waals surface area (Å²) in [6.45, 7) is 1.87. The van der Waals surface area contributed by atoms with Crippen molar-refractivity contribution in [2.24, 2.45) is 0 Å². The van der Waals surface area contributed by atoms with Gasteiger partial charge >= 0.3 is 0 Å². The average molecular weight is 334 g/mol. The first-order chi connectivity index (χ1) is 12.3. The van der Waals surface area contributed by atoms with Gasteiger partial charge in [-0.25, -0.2) is 15.0 Å². The van der Waals surface area contributed by atoms with Gasteiger partial charge in [0.2, 0.25) is 0 Å². The molecule has 4 rings (SSSR count). The van der Waals surface area contributed by atoms with Crippen LogP contribution in [0, 0.1) is 0 Å². The molecule has 1 fully saturated rings. The van der Waals surface area contributed by atoms with Gasteiger partial charge in [-0.1, -0.05) is 24.3 Å². The Bertz CT molecular complexity index is 860. The number of fused-ring (bicyclic) bond motifs is 1. The van der Waals surface area contributed by atoms with Crippen LogP contribution in [0.4, 0.5) is 17.5 Å². The van der Waals surface area contributed by atoms with Crippen LogP contribution in [-0.2, 0) is 0 Å². The van der Waals surface area contributed by atoms with Crippen LogP contribution in [-0.4, -0.2) is 41.1 Å². The van der Waals surface area contributed by atoms with Crippen molar-refractivity contribution in [1.29, 1.82) is 0 Å². The molecule has 0 aliphatic carbocycles. The largest absolute Gasteiger partial charge is 0.373 e. The molecule has 0 spiro atoms. The fourth-order valence-corrected chi connectivity index (χ4v) is 3.47. The van der Waals surface area contributed by atoms with Crippen LogP contribution in [0.1, 0.15) is 12.8 Å². The zero-order valence-electron chi connectivity index (χ0n) is 14.3. The molecule has 1 saturated heterocycles. The molecular weight excluding hydrogens is 312 g/mol. The molecule has 1 aliphatic rings. The van der Waals surface area contributed by atoms with Gasteiger partial charge in [-0.2, -0.15) is 0 Å². The Kier molecular flexibility index (Phi) is 4.33. The quantitative estimate of drug-likeness (QED) is 0.747. The Labute approximate surface area is 147 Å². The van der Waals surface area contributed by atoms with Gasteiger partial charge in [-0.3, -0.25) is 0 Å². The summed E-state index contributed by atoms with van der Waals surface area (Å²) < 4.78 is 0. The van der Waals surface area contributed by atoms with Crippen molar-refractivity contribution in [2.45, 2.75) is 18.9 Å². The number of rotatable bonds is 5. The Balaban J connectivity index is 1.51. The average Bonchev–Trinajstić information content (AvgIpc) is 3.15. The summed E-state index contributed by atoms with van der Waals surface area (Å²) in [7, 11) is 1.88. The summed E-state index contributed by atoms with van der Waals surface area (Å²) in [5.41, 5.74) is 0. The molecule has 1 unspecified atom stereocenters. The molecular formula is C19H22N6. The molecule has 0 saturated carbocycles. The van der Waals surface area contributed by atoms with Gasteiger partial charge in [0.25, 0.3) is 0 Å². The van der Waals surface area contributed by atoms with Gasteiger partial charge in [0.1, 0.15) is 23.8 Å². The van der Waals surface area contributed by atoms with Crippen molar-refractivity contribution >= 4 is 28.2 Å².